The van der Waals surface area contributed by atoms with Crippen LogP contribution in [0, 0.1) is 0 Å². The van der Waals surface area contributed by atoms with E-state index in [9.17, 15) is 0 Å². The maximum Gasteiger partial charge on any atom is 0.235 e. The largest absolute Gasteiger partial charge is 0.235 e. The molecule has 0 bridgehead atoms. The van der Waals surface area contributed by atoms with Crippen molar-refractivity contribution < 1.29 is 0 Å². The molecule has 1 aliphatic carbocycles. The van der Waals surface area contributed by atoms with Crippen molar-refractivity contribution in [2.45, 2.75) is 40.6 Å². The van der Waals surface area contributed by atoms with E-state index in [2.05, 4.69) is 9.36 Å². The van der Waals surface area contributed by atoms with Gasteiger partial charge < -0.3 is 0 Å². The second-order valence-electron chi connectivity index (χ2n) is 3.29. The minimum Gasteiger partial charge on any atom is -0.198 e. The Morgan fingerprint density at radius 3 is 2.79 bits per heavy atom. The molecule has 2 nitrogen and oxygen atoms in total. The Kier molecular flexibility index (Phi) is 3.93. The average Bonchev–Trinajstić information content (AvgIpc) is 2.56. The lowest BCUT2D eigenvalue weighted by Gasteiger charge is -2.25. The van der Waals surface area contributed by atoms with Gasteiger partial charge in [0.15, 0.2) is 4.34 Å². The molecule has 2 atom stereocenters. The molecule has 1 heterocycles. The van der Waals surface area contributed by atoms with Gasteiger partial charge in [-0.25, -0.2) is 0 Å². The SMILES string of the molecule is Clc1nsc(SC2CCCCC2Cl)n1. The van der Waals surface area contributed by atoms with Gasteiger partial charge in [0.2, 0.25) is 5.28 Å². The Bertz CT molecular complexity index is 305. The van der Waals surface area contributed by atoms with Crippen molar-refractivity contribution in [1.29, 1.82) is 0 Å². The molecule has 0 amide bonds. The first kappa shape index (κ1) is 11.0. The average molecular weight is 269 g/mol. The highest BCUT2D eigenvalue weighted by Crippen LogP contribution is 2.37. The van der Waals surface area contributed by atoms with Gasteiger partial charge in [-0.15, -0.1) is 11.6 Å². The van der Waals surface area contributed by atoms with Crippen LogP contribution in [-0.4, -0.2) is 20.0 Å². The van der Waals surface area contributed by atoms with Crippen molar-refractivity contribution >= 4 is 46.5 Å². The van der Waals surface area contributed by atoms with E-state index in [1.54, 1.807) is 11.8 Å². The van der Waals surface area contributed by atoms with Gasteiger partial charge in [0.05, 0.1) is 0 Å². The Hall–Kier alpha value is 0.490. The summed E-state index contributed by atoms with van der Waals surface area (Å²) < 4.78 is 4.88. The lowest BCUT2D eigenvalue weighted by Crippen LogP contribution is -2.21. The number of hydrogen-bond donors (Lipinski definition) is 0. The highest BCUT2D eigenvalue weighted by atomic mass is 35.5. The third-order valence-corrected chi connectivity index (χ3v) is 5.38. The van der Waals surface area contributed by atoms with Gasteiger partial charge in [0.25, 0.3) is 0 Å². The Labute approximate surface area is 102 Å². The van der Waals surface area contributed by atoms with Crippen molar-refractivity contribution in [2.75, 3.05) is 0 Å². The van der Waals surface area contributed by atoms with E-state index in [1.165, 1.54) is 30.8 Å². The number of aromatic nitrogens is 2. The molecular weight excluding hydrogens is 259 g/mol. The van der Waals surface area contributed by atoms with Crippen LogP contribution in [0.1, 0.15) is 25.7 Å². The van der Waals surface area contributed by atoms with Crippen molar-refractivity contribution in [3.63, 3.8) is 0 Å². The predicted molar refractivity (Wildman–Crippen MR) is 62.7 cm³/mol. The van der Waals surface area contributed by atoms with Gasteiger partial charge in [0, 0.05) is 10.6 Å². The smallest absolute Gasteiger partial charge is 0.198 e. The maximum absolute atomic E-state index is 6.24. The lowest BCUT2D eigenvalue weighted by molar-refractivity contribution is 0.522. The number of alkyl halides is 1. The number of rotatable bonds is 2. The summed E-state index contributed by atoms with van der Waals surface area (Å²) in [6, 6.07) is 0. The summed E-state index contributed by atoms with van der Waals surface area (Å²) in [5.74, 6) is 0. The zero-order valence-electron chi connectivity index (χ0n) is 7.45. The van der Waals surface area contributed by atoms with E-state index in [0.29, 0.717) is 10.5 Å². The van der Waals surface area contributed by atoms with Crippen molar-refractivity contribution in [3.8, 4) is 0 Å². The molecule has 0 radical (unpaired) electrons. The van der Waals surface area contributed by atoms with Gasteiger partial charge in [-0.3, -0.25) is 0 Å². The first-order valence-electron chi connectivity index (χ1n) is 4.55. The van der Waals surface area contributed by atoms with Gasteiger partial charge in [-0.05, 0) is 36.0 Å². The predicted octanol–water partition coefficient (Wildman–Crippen LogP) is 3.83. The molecular formula is C8H10Cl2N2S2. The second-order valence-corrected chi connectivity index (χ2v) is 6.42. The molecule has 6 heteroatoms. The van der Waals surface area contributed by atoms with E-state index in [0.717, 1.165) is 10.8 Å². The third-order valence-electron chi connectivity index (χ3n) is 2.26. The van der Waals surface area contributed by atoms with Crippen molar-refractivity contribution in [3.05, 3.63) is 5.28 Å². The van der Waals surface area contributed by atoms with Crippen LogP contribution in [0.3, 0.4) is 0 Å². The normalized spacial score (nSPS) is 27.9. The molecule has 14 heavy (non-hydrogen) atoms. The molecule has 0 aromatic carbocycles. The van der Waals surface area contributed by atoms with Crippen LogP contribution < -0.4 is 0 Å². The number of halogens is 2. The molecule has 2 unspecified atom stereocenters. The molecule has 1 aliphatic rings. The molecule has 0 saturated heterocycles. The molecule has 1 saturated carbocycles. The van der Waals surface area contributed by atoms with E-state index < -0.39 is 0 Å². The van der Waals surface area contributed by atoms with Gasteiger partial charge >= 0.3 is 0 Å². The summed E-state index contributed by atoms with van der Waals surface area (Å²) in [5, 5.41) is 1.10. The molecule has 0 aliphatic heterocycles. The number of hydrogen-bond acceptors (Lipinski definition) is 4. The van der Waals surface area contributed by atoms with Crippen LogP contribution in [0.4, 0.5) is 0 Å². The summed E-state index contributed by atoms with van der Waals surface area (Å²) in [5.41, 5.74) is 0. The fourth-order valence-corrected chi connectivity index (χ4v) is 4.22. The zero-order chi connectivity index (χ0) is 9.97. The van der Waals surface area contributed by atoms with Crippen LogP contribution in [0.5, 0.6) is 0 Å². The maximum atomic E-state index is 6.24. The lowest BCUT2D eigenvalue weighted by atomic mass is 10.00. The molecule has 1 aromatic rings. The van der Waals surface area contributed by atoms with Crippen LogP contribution in [0.2, 0.25) is 5.28 Å². The van der Waals surface area contributed by atoms with Gasteiger partial charge in [-0.2, -0.15) is 9.36 Å². The van der Waals surface area contributed by atoms with Crippen LogP contribution in [0.15, 0.2) is 4.34 Å². The number of thioether (sulfide) groups is 1. The highest BCUT2D eigenvalue weighted by Gasteiger charge is 2.25. The standard InChI is InChI=1S/C8H10Cl2N2S2/c9-5-3-1-2-4-6(5)13-8-11-7(10)12-14-8/h5-6H,1-4H2. The molecule has 0 spiro atoms. The molecule has 2 rings (SSSR count). The third kappa shape index (κ3) is 2.75. The van der Waals surface area contributed by atoms with Crippen LogP contribution in [-0.2, 0) is 0 Å². The highest BCUT2D eigenvalue weighted by molar-refractivity contribution is 8.01. The summed E-state index contributed by atoms with van der Waals surface area (Å²) in [4.78, 5) is 4.12. The first-order valence-corrected chi connectivity index (χ1v) is 7.02. The number of nitrogens with zero attached hydrogens (tertiary/aromatic N) is 2. The fourth-order valence-electron chi connectivity index (χ4n) is 1.55. The second kappa shape index (κ2) is 5.01. The molecule has 1 aromatic heterocycles. The minimum atomic E-state index is 0.274. The summed E-state index contributed by atoms with van der Waals surface area (Å²) in [6.45, 7) is 0. The summed E-state index contributed by atoms with van der Waals surface area (Å²) in [6.07, 6.45) is 4.82. The van der Waals surface area contributed by atoms with E-state index >= 15 is 0 Å². The van der Waals surface area contributed by atoms with E-state index in [-0.39, 0.29) is 5.38 Å². The molecule has 78 valence electrons. The molecule has 1 fully saturated rings. The topological polar surface area (TPSA) is 25.8 Å². The monoisotopic (exact) mass is 268 g/mol. The van der Waals surface area contributed by atoms with Crippen LogP contribution >= 0.6 is 46.5 Å². The Morgan fingerprint density at radius 1 is 1.36 bits per heavy atom. The van der Waals surface area contributed by atoms with Crippen molar-refractivity contribution in [1.82, 2.24) is 9.36 Å². The Balaban J connectivity index is 1.95. The quantitative estimate of drug-likeness (QED) is 0.763. The van der Waals surface area contributed by atoms with Crippen molar-refractivity contribution in [2.24, 2.45) is 0 Å². The first-order chi connectivity index (χ1) is 6.75. The fraction of sp³-hybridized carbons (Fsp3) is 0.750. The van der Waals surface area contributed by atoms with E-state index in [1.807, 2.05) is 0 Å². The Morgan fingerprint density at radius 2 is 2.14 bits per heavy atom. The molecule has 0 N–H and O–H groups in total. The van der Waals surface area contributed by atoms with Gasteiger partial charge in [-0.1, -0.05) is 24.6 Å². The van der Waals surface area contributed by atoms with Crippen LogP contribution in [0.25, 0.3) is 0 Å². The zero-order valence-corrected chi connectivity index (χ0v) is 10.6. The minimum absolute atomic E-state index is 0.274. The van der Waals surface area contributed by atoms with E-state index in [4.69, 9.17) is 23.2 Å². The van der Waals surface area contributed by atoms with Gasteiger partial charge in [0.1, 0.15) is 0 Å². The summed E-state index contributed by atoms with van der Waals surface area (Å²) in [7, 11) is 0. The summed E-state index contributed by atoms with van der Waals surface area (Å²) >= 11 is 15.0.